The van der Waals surface area contributed by atoms with Gasteiger partial charge in [0.15, 0.2) is 0 Å². The minimum Gasteiger partial charge on any atom is -0.368 e. The van der Waals surface area contributed by atoms with Crippen LogP contribution in [0.3, 0.4) is 0 Å². The molecule has 2 aromatic carbocycles. The Balaban J connectivity index is 1.42. The van der Waals surface area contributed by atoms with Crippen molar-refractivity contribution in [3.8, 4) is 0 Å². The number of hydrogen-bond donors (Lipinski definition) is 1. The van der Waals surface area contributed by atoms with Gasteiger partial charge in [0.05, 0.1) is 17.2 Å². The molecule has 0 spiro atoms. The maximum atomic E-state index is 13.3. The van der Waals surface area contributed by atoms with Crippen LogP contribution in [0.5, 0.6) is 0 Å². The highest BCUT2D eigenvalue weighted by Gasteiger charge is 2.50. The van der Waals surface area contributed by atoms with E-state index in [1.807, 2.05) is 18.2 Å². The molecule has 0 bridgehead atoms. The van der Waals surface area contributed by atoms with Crippen molar-refractivity contribution in [2.24, 2.45) is 17.6 Å². The number of hydrogen-bond acceptors (Lipinski definition) is 3. The van der Waals surface area contributed by atoms with E-state index in [1.165, 1.54) is 28.7 Å². The summed E-state index contributed by atoms with van der Waals surface area (Å²) in [6, 6.07) is 14.4. The molecule has 8 heteroatoms. The number of rotatable bonds is 6. The molecule has 2 unspecified atom stereocenters. The average Bonchev–Trinajstić information content (AvgIpc) is 3.31. The lowest BCUT2D eigenvalue weighted by atomic mass is 9.94. The second kappa shape index (κ2) is 8.94. The summed E-state index contributed by atoms with van der Waals surface area (Å²) in [7, 11) is 0. The van der Waals surface area contributed by atoms with E-state index in [1.54, 1.807) is 0 Å². The molecule has 32 heavy (non-hydrogen) atoms. The highest BCUT2D eigenvalue weighted by Crippen LogP contribution is 2.38. The van der Waals surface area contributed by atoms with E-state index in [2.05, 4.69) is 17.0 Å². The molecule has 0 radical (unpaired) electrons. The van der Waals surface area contributed by atoms with Crippen molar-refractivity contribution in [2.75, 3.05) is 26.2 Å². The molecule has 2 aliphatic heterocycles. The lowest BCUT2D eigenvalue weighted by Gasteiger charge is -2.27. The fourth-order valence-electron chi connectivity index (χ4n) is 5.14. The van der Waals surface area contributed by atoms with Crippen molar-refractivity contribution in [1.29, 1.82) is 0 Å². The van der Waals surface area contributed by atoms with Crippen LogP contribution in [0.25, 0.3) is 0 Å². The largest absolute Gasteiger partial charge is 0.417 e. The molecule has 2 aromatic rings. The molecule has 0 aromatic heterocycles. The molecule has 2 fully saturated rings. The fourth-order valence-corrected chi connectivity index (χ4v) is 5.14. The van der Waals surface area contributed by atoms with E-state index in [-0.39, 0.29) is 23.9 Å². The Morgan fingerprint density at radius 1 is 0.969 bits per heavy atom. The standard InChI is InChI=1S/C24H26F3N3O2/c25-24(26,27)20-11-5-4-10-18(20)23(32)30-14-17-13-29(21(22(28)31)19(17)15-30)12-6-9-16-7-2-1-3-8-16/h1-5,7-8,10-11,17,19,21H,6,9,12-15H2,(H2,28,31)/t17?,19-,21?/m1/s1. The zero-order valence-electron chi connectivity index (χ0n) is 17.6. The maximum Gasteiger partial charge on any atom is 0.417 e. The number of nitrogens with two attached hydrogens (primary N) is 1. The highest BCUT2D eigenvalue weighted by molar-refractivity contribution is 5.96. The molecule has 2 saturated heterocycles. The van der Waals surface area contributed by atoms with Crippen molar-refractivity contribution in [1.82, 2.24) is 9.80 Å². The minimum absolute atomic E-state index is 0.0197. The van der Waals surface area contributed by atoms with Gasteiger partial charge in [-0.25, -0.2) is 0 Å². The summed E-state index contributed by atoms with van der Waals surface area (Å²) >= 11 is 0. The van der Waals surface area contributed by atoms with Crippen LogP contribution in [0, 0.1) is 11.8 Å². The fraction of sp³-hybridized carbons (Fsp3) is 0.417. The van der Waals surface area contributed by atoms with Gasteiger partial charge in [-0.05, 0) is 43.0 Å². The SMILES string of the molecule is NC(=O)C1[C@@H]2CN(C(=O)c3ccccc3C(F)(F)F)CC2CN1CCCc1ccccc1. The van der Waals surface area contributed by atoms with Gasteiger partial charge in [0.25, 0.3) is 5.91 Å². The van der Waals surface area contributed by atoms with Gasteiger partial charge in [-0.1, -0.05) is 42.5 Å². The van der Waals surface area contributed by atoms with Crippen LogP contribution in [0.1, 0.15) is 27.9 Å². The summed E-state index contributed by atoms with van der Waals surface area (Å²) in [5.41, 5.74) is 5.65. The molecule has 170 valence electrons. The molecule has 5 nitrogen and oxygen atoms in total. The van der Waals surface area contributed by atoms with E-state index >= 15 is 0 Å². The van der Waals surface area contributed by atoms with Gasteiger partial charge < -0.3 is 10.6 Å². The van der Waals surface area contributed by atoms with Crippen LogP contribution in [0.2, 0.25) is 0 Å². The number of carbonyl (C=O) groups is 2. The van der Waals surface area contributed by atoms with E-state index in [0.29, 0.717) is 19.6 Å². The van der Waals surface area contributed by atoms with Crippen LogP contribution < -0.4 is 5.73 Å². The minimum atomic E-state index is -4.60. The van der Waals surface area contributed by atoms with E-state index in [4.69, 9.17) is 5.73 Å². The quantitative estimate of drug-likeness (QED) is 0.743. The van der Waals surface area contributed by atoms with Crippen molar-refractivity contribution >= 4 is 11.8 Å². The van der Waals surface area contributed by atoms with Crippen LogP contribution in [-0.2, 0) is 17.4 Å². The van der Waals surface area contributed by atoms with Crippen molar-refractivity contribution < 1.29 is 22.8 Å². The number of amides is 2. The van der Waals surface area contributed by atoms with E-state index < -0.39 is 29.6 Å². The van der Waals surface area contributed by atoms with Crippen molar-refractivity contribution in [3.63, 3.8) is 0 Å². The molecule has 0 saturated carbocycles. The maximum absolute atomic E-state index is 13.3. The van der Waals surface area contributed by atoms with Gasteiger partial charge in [-0.2, -0.15) is 13.2 Å². The molecule has 2 N–H and O–H groups in total. The van der Waals surface area contributed by atoms with Gasteiger partial charge in [0.2, 0.25) is 5.91 Å². The summed E-state index contributed by atoms with van der Waals surface area (Å²) in [5.74, 6) is -1.23. The summed E-state index contributed by atoms with van der Waals surface area (Å²) in [6.45, 7) is 1.88. The number of carbonyl (C=O) groups excluding carboxylic acids is 2. The van der Waals surface area contributed by atoms with Gasteiger partial charge >= 0.3 is 6.18 Å². The number of fused-ring (bicyclic) bond motifs is 1. The first-order valence-corrected chi connectivity index (χ1v) is 10.8. The summed E-state index contributed by atoms with van der Waals surface area (Å²) in [6.07, 6.45) is -2.85. The van der Waals surface area contributed by atoms with Gasteiger partial charge in [0, 0.05) is 25.6 Å². The van der Waals surface area contributed by atoms with Gasteiger partial charge in [0.1, 0.15) is 0 Å². The van der Waals surface area contributed by atoms with Crippen molar-refractivity contribution in [3.05, 3.63) is 71.3 Å². The monoisotopic (exact) mass is 445 g/mol. The Bertz CT molecular complexity index is 980. The summed E-state index contributed by atoms with van der Waals surface area (Å²) in [5, 5.41) is 0. The smallest absolute Gasteiger partial charge is 0.368 e. The number of likely N-dealkylation sites (tertiary alicyclic amines) is 2. The van der Waals surface area contributed by atoms with E-state index in [0.717, 1.165) is 18.9 Å². The third kappa shape index (κ3) is 4.50. The third-order valence-corrected chi connectivity index (χ3v) is 6.55. The van der Waals surface area contributed by atoms with E-state index in [9.17, 15) is 22.8 Å². The number of nitrogens with zero attached hydrogens (tertiary/aromatic N) is 2. The predicted molar refractivity (Wildman–Crippen MR) is 114 cm³/mol. The van der Waals surface area contributed by atoms with Crippen LogP contribution >= 0.6 is 0 Å². The number of aryl methyl sites for hydroxylation is 1. The number of primary amides is 1. The lowest BCUT2D eigenvalue weighted by molar-refractivity contribution is -0.138. The molecule has 2 aliphatic rings. The predicted octanol–water partition coefficient (Wildman–Crippen LogP) is 3.20. The lowest BCUT2D eigenvalue weighted by Crippen LogP contribution is -2.46. The Hall–Kier alpha value is -2.87. The number of benzene rings is 2. The van der Waals surface area contributed by atoms with Crippen LogP contribution in [-0.4, -0.2) is 53.8 Å². The Labute approximate surface area is 185 Å². The molecule has 2 amide bonds. The first-order chi connectivity index (χ1) is 15.3. The first kappa shape index (κ1) is 22.3. The first-order valence-electron chi connectivity index (χ1n) is 10.8. The van der Waals surface area contributed by atoms with Gasteiger partial charge in [-0.15, -0.1) is 0 Å². The molecular weight excluding hydrogens is 419 g/mol. The molecule has 4 rings (SSSR count). The summed E-state index contributed by atoms with van der Waals surface area (Å²) < 4.78 is 40.0. The second-order valence-electron chi connectivity index (χ2n) is 8.61. The number of halogens is 3. The summed E-state index contributed by atoms with van der Waals surface area (Å²) in [4.78, 5) is 28.7. The zero-order valence-corrected chi connectivity index (χ0v) is 17.6. The Morgan fingerprint density at radius 3 is 2.34 bits per heavy atom. The zero-order chi connectivity index (χ0) is 22.9. The Kier molecular flexibility index (Phi) is 6.24. The van der Waals surface area contributed by atoms with Crippen LogP contribution in [0.4, 0.5) is 13.2 Å². The molecule has 2 heterocycles. The molecule has 3 atom stereocenters. The Morgan fingerprint density at radius 2 is 1.66 bits per heavy atom. The van der Waals surface area contributed by atoms with Crippen molar-refractivity contribution in [2.45, 2.75) is 25.1 Å². The average molecular weight is 445 g/mol. The van der Waals surface area contributed by atoms with Crippen LogP contribution in [0.15, 0.2) is 54.6 Å². The third-order valence-electron chi connectivity index (χ3n) is 6.55. The second-order valence-corrected chi connectivity index (χ2v) is 8.61. The highest BCUT2D eigenvalue weighted by atomic mass is 19.4. The normalized spacial score (nSPS) is 23.3. The van der Waals surface area contributed by atoms with Gasteiger partial charge in [-0.3, -0.25) is 14.5 Å². The topological polar surface area (TPSA) is 66.6 Å². The number of alkyl halides is 3. The molecule has 0 aliphatic carbocycles. The molecular formula is C24H26F3N3O2.